The van der Waals surface area contributed by atoms with Gasteiger partial charge in [-0.1, -0.05) is 6.07 Å². The van der Waals surface area contributed by atoms with Crippen molar-refractivity contribution in [1.82, 2.24) is 19.4 Å². The first kappa shape index (κ1) is 19.2. The summed E-state index contributed by atoms with van der Waals surface area (Å²) in [4.78, 5) is 24.1. The van der Waals surface area contributed by atoms with Crippen molar-refractivity contribution in [3.8, 4) is 17.1 Å². The fourth-order valence-electron chi connectivity index (χ4n) is 4.16. The molecule has 3 heterocycles. The Morgan fingerprint density at radius 1 is 1.13 bits per heavy atom. The van der Waals surface area contributed by atoms with Crippen molar-refractivity contribution in [3.63, 3.8) is 0 Å². The predicted octanol–water partition coefficient (Wildman–Crippen LogP) is 4.33. The maximum atomic E-state index is 13.6. The molecule has 6 nitrogen and oxygen atoms in total. The first-order valence-electron chi connectivity index (χ1n) is 10.2. The highest BCUT2D eigenvalue weighted by atomic mass is 19.1. The highest BCUT2D eigenvalue weighted by Gasteiger charge is 2.31. The topological polar surface area (TPSA) is 60.3 Å². The number of ether oxygens (including phenoxy) is 1. The van der Waals surface area contributed by atoms with Crippen LogP contribution in [0.1, 0.15) is 22.8 Å². The van der Waals surface area contributed by atoms with Crippen molar-refractivity contribution in [1.29, 1.82) is 0 Å². The van der Waals surface area contributed by atoms with Crippen molar-refractivity contribution in [2.45, 2.75) is 12.5 Å². The van der Waals surface area contributed by atoms with Gasteiger partial charge in [-0.25, -0.2) is 14.4 Å². The number of rotatable bonds is 4. The minimum absolute atomic E-state index is 0.0227. The molecule has 0 aliphatic carbocycles. The van der Waals surface area contributed by atoms with Gasteiger partial charge in [-0.2, -0.15) is 0 Å². The number of hydrogen-bond donors (Lipinski definition) is 0. The van der Waals surface area contributed by atoms with Crippen LogP contribution in [0, 0.1) is 5.82 Å². The average Bonchev–Trinajstić information content (AvgIpc) is 3.43. The molecule has 156 valence electrons. The summed E-state index contributed by atoms with van der Waals surface area (Å²) in [6, 6.07) is 17.4. The number of halogens is 1. The molecule has 1 aliphatic rings. The highest BCUT2D eigenvalue weighted by Crippen LogP contribution is 2.33. The van der Waals surface area contributed by atoms with E-state index >= 15 is 0 Å². The monoisotopic (exact) mass is 416 g/mol. The second-order valence-electron chi connectivity index (χ2n) is 7.58. The molecule has 0 saturated carbocycles. The van der Waals surface area contributed by atoms with E-state index in [4.69, 9.17) is 9.72 Å². The fourth-order valence-corrected chi connectivity index (χ4v) is 4.16. The van der Waals surface area contributed by atoms with E-state index in [1.165, 1.54) is 12.1 Å². The molecule has 1 aliphatic heterocycles. The molecule has 1 amide bonds. The summed E-state index contributed by atoms with van der Waals surface area (Å²) in [7, 11) is 1.64. The van der Waals surface area contributed by atoms with E-state index in [0.29, 0.717) is 18.7 Å². The molecule has 4 aromatic rings. The zero-order chi connectivity index (χ0) is 21.4. The zero-order valence-corrected chi connectivity index (χ0v) is 17.0. The number of imidazole rings is 1. The number of carbonyl (C=O) groups is 1. The first-order valence-corrected chi connectivity index (χ1v) is 10.2. The third-order valence-corrected chi connectivity index (χ3v) is 5.68. The minimum atomic E-state index is -0.409. The number of methoxy groups -OCH3 is 1. The Morgan fingerprint density at radius 2 is 1.97 bits per heavy atom. The number of pyridine rings is 1. The lowest BCUT2D eigenvalue weighted by Gasteiger charge is -2.19. The molecule has 1 fully saturated rings. The number of fused-ring (bicyclic) bond motifs is 1. The van der Waals surface area contributed by atoms with Crippen LogP contribution in [0.3, 0.4) is 0 Å². The molecule has 0 radical (unpaired) electrons. The summed E-state index contributed by atoms with van der Waals surface area (Å²) in [6.07, 6.45) is 2.52. The Kier molecular flexibility index (Phi) is 4.86. The molecule has 2 aromatic heterocycles. The molecule has 0 bridgehead atoms. The summed E-state index contributed by atoms with van der Waals surface area (Å²) in [5.74, 6) is 1.01. The largest absolute Gasteiger partial charge is 0.497 e. The Balaban J connectivity index is 1.50. The normalized spacial score (nSPS) is 16.1. The van der Waals surface area contributed by atoms with Gasteiger partial charge in [-0.3, -0.25) is 4.79 Å². The number of amides is 1. The molecular formula is C24H21FN4O2. The summed E-state index contributed by atoms with van der Waals surface area (Å²) in [6.45, 7) is 1.11. The second kappa shape index (κ2) is 7.83. The number of benzene rings is 2. The van der Waals surface area contributed by atoms with E-state index in [1.807, 2.05) is 36.4 Å². The van der Waals surface area contributed by atoms with Crippen LogP contribution in [-0.2, 0) is 0 Å². The molecule has 2 aromatic carbocycles. The van der Waals surface area contributed by atoms with Crippen LogP contribution in [0.15, 0.2) is 66.9 Å². The Morgan fingerprint density at radius 3 is 2.74 bits per heavy atom. The maximum Gasteiger partial charge on any atom is 0.254 e. The van der Waals surface area contributed by atoms with Gasteiger partial charge in [-0.05, 0) is 61.0 Å². The van der Waals surface area contributed by atoms with Crippen LogP contribution in [0.2, 0.25) is 0 Å². The van der Waals surface area contributed by atoms with Crippen LogP contribution in [0.4, 0.5) is 4.39 Å². The molecule has 1 saturated heterocycles. The van der Waals surface area contributed by atoms with E-state index < -0.39 is 5.82 Å². The molecule has 0 N–H and O–H groups in total. The van der Waals surface area contributed by atoms with Gasteiger partial charge in [0.25, 0.3) is 5.91 Å². The molecule has 7 heteroatoms. The molecule has 5 rings (SSSR count). The quantitative estimate of drug-likeness (QED) is 0.497. The van der Waals surface area contributed by atoms with Gasteiger partial charge in [-0.15, -0.1) is 0 Å². The van der Waals surface area contributed by atoms with Gasteiger partial charge >= 0.3 is 0 Å². The van der Waals surface area contributed by atoms with E-state index in [0.717, 1.165) is 34.7 Å². The van der Waals surface area contributed by atoms with Crippen molar-refractivity contribution in [3.05, 3.63) is 78.2 Å². The number of aromatic nitrogens is 3. The molecular weight excluding hydrogens is 395 g/mol. The maximum absolute atomic E-state index is 13.6. The lowest BCUT2D eigenvalue weighted by atomic mass is 10.1. The summed E-state index contributed by atoms with van der Waals surface area (Å²) < 4.78 is 21.0. The summed E-state index contributed by atoms with van der Waals surface area (Å²) in [5.41, 5.74) is 2.92. The van der Waals surface area contributed by atoms with Gasteiger partial charge in [0, 0.05) is 30.4 Å². The number of carbonyl (C=O) groups excluding carboxylic acids is 1. The zero-order valence-electron chi connectivity index (χ0n) is 17.0. The molecule has 0 unspecified atom stereocenters. The van der Waals surface area contributed by atoms with Gasteiger partial charge in [0.15, 0.2) is 5.65 Å². The highest BCUT2D eigenvalue weighted by molar-refractivity contribution is 5.94. The fraction of sp³-hybridized carbons (Fsp3) is 0.208. The van der Waals surface area contributed by atoms with Crippen LogP contribution in [0.25, 0.3) is 22.6 Å². The second-order valence-corrected chi connectivity index (χ2v) is 7.58. The molecule has 1 atom stereocenters. The van der Waals surface area contributed by atoms with Gasteiger partial charge < -0.3 is 14.2 Å². The summed E-state index contributed by atoms with van der Waals surface area (Å²) >= 11 is 0. The average molecular weight is 416 g/mol. The number of nitrogens with zero attached hydrogens (tertiary/aromatic N) is 4. The summed E-state index contributed by atoms with van der Waals surface area (Å²) in [5, 5.41) is 0. The predicted molar refractivity (Wildman–Crippen MR) is 115 cm³/mol. The van der Waals surface area contributed by atoms with E-state index in [1.54, 1.807) is 30.3 Å². The Bertz CT molecular complexity index is 1250. The SMILES string of the molecule is COc1ccc(-c2nc3cccnc3n2[C@H]2CCN(C(=O)c3cccc(F)c3)C2)cc1. The van der Waals surface area contributed by atoms with E-state index in [-0.39, 0.29) is 11.9 Å². The molecule has 31 heavy (non-hydrogen) atoms. The van der Waals surface area contributed by atoms with Crippen LogP contribution < -0.4 is 4.74 Å². The van der Waals surface area contributed by atoms with Crippen molar-refractivity contribution >= 4 is 17.1 Å². The van der Waals surface area contributed by atoms with E-state index in [9.17, 15) is 9.18 Å². The van der Waals surface area contributed by atoms with Crippen LogP contribution >= 0.6 is 0 Å². The lowest BCUT2D eigenvalue weighted by molar-refractivity contribution is 0.0787. The molecule has 0 spiro atoms. The Labute approximate surface area is 178 Å². The Hall–Kier alpha value is -3.74. The lowest BCUT2D eigenvalue weighted by Crippen LogP contribution is -2.29. The third kappa shape index (κ3) is 3.52. The van der Waals surface area contributed by atoms with Crippen molar-refractivity contribution in [2.24, 2.45) is 0 Å². The van der Waals surface area contributed by atoms with E-state index in [2.05, 4.69) is 9.55 Å². The van der Waals surface area contributed by atoms with Crippen molar-refractivity contribution in [2.75, 3.05) is 20.2 Å². The van der Waals surface area contributed by atoms with Crippen molar-refractivity contribution < 1.29 is 13.9 Å². The third-order valence-electron chi connectivity index (χ3n) is 5.68. The van der Waals surface area contributed by atoms with Gasteiger partial charge in [0.1, 0.15) is 22.9 Å². The standard InChI is InChI=1S/C24H21FN4O2/c1-31-20-9-7-16(8-10-20)22-27-21-6-3-12-26-23(21)29(22)19-11-13-28(15-19)24(30)17-4-2-5-18(25)14-17/h2-10,12,14,19H,11,13,15H2,1H3/t19-/m0/s1. The smallest absolute Gasteiger partial charge is 0.254 e. The minimum Gasteiger partial charge on any atom is -0.497 e. The van der Waals surface area contributed by atoms with Gasteiger partial charge in [0.2, 0.25) is 0 Å². The number of likely N-dealkylation sites (tertiary alicyclic amines) is 1. The first-order chi connectivity index (χ1) is 15.1. The van der Waals surface area contributed by atoms with Gasteiger partial charge in [0.05, 0.1) is 13.2 Å². The number of hydrogen-bond acceptors (Lipinski definition) is 4. The van der Waals surface area contributed by atoms with Crippen LogP contribution in [0.5, 0.6) is 5.75 Å². The van der Waals surface area contributed by atoms with Crippen LogP contribution in [-0.4, -0.2) is 45.5 Å².